The minimum Gasteiger partial charge on any atom is -0.372 e. The van der Waals surface area contributed by atoms with Crippen LogP contribution in [0, 0.1) is 5.92 Å². The van der Waals surface area contributed by atoms with Crippen LogP contribution < -0.4 is 9.80 Å². The molecule has 2 aromatic rings. The van der Waals surface area contributed by atoms with E-state index in [4.69, 9.17) is 34.8 Å². The van der Waals surface area contributed by atoms with Gasteiger partial charge in [0.15, 0.2) is 0 Å². The van der Waals surface area contributed by atoms with E-state index < -0.39 is 11.8 Å². The molecule has 7 heteroatoms. The fourth-order valence-electron chi connectivity index (χ4n) is 3.74. The van der Waals surface area contributed by atoms with E-state index in [-0.39, 0.29) is 15.6 Å². The van der Waals surface area contributed by atoms with E-state index in [1.54, 1.807) is 24.3 Å². The molecule has 0 aliphatic carbocycles. The molecule has 4 nitrogen and oxygen atoms in total. The third-order valence-electron chi connectivity index (χ3n) is 5.48. The SMILES string of the molecule is CC1CCN(c2ccc(N3C(=O)C(Cl)=C(c4ccc(Cl)cc4Cl)C3=O)cc2)CC1. The quantitative estimate of drug-likeness (QED) is 0.560. The predicted molar refractivity (Wildman–Crippen MR) is 119 cm³/mol. The number of benzene rings is 2. The van der Waals surface area contributed by atoms with Gasteiger partial charge >= 0.3 is 0 Å². The fraction of sp³-hybridized carbons (Fsp3) is 0.273. The summed E-state index contributed by atoms with van der Waals surface area (Å²) < 4.78 is 0. The van der Waals surface area contributed by atoms with Gasteiger partial charge in [-0.3, -0.25) is 9.59 Å². The first kappa shape index (κ1) is 20.3. The molecule has 0 saturated carbocycles. The van der Waals surface area contributed by atoms with Crippen molar-refractivity contribution in [3.8, 4) is 0 Å². The van der Waals surface area contributed by atoms with Gasteiger partial charge in [-0.15, -0.1) is 0 Å². The molecule has 4 rings (SSSR count). The van der Waals surface area contributed by atoms with Crippen LogP contribution in [0.2, 0.25) is 10.0 Å². The Balaban J connectivity index is 1.60. The molecule has 0 bridgehead atoms. The van der Waals surface area contributed by atoms with Crippen LogP contribution in [0.3, 0.4) is 0 Å². The first-order valence-corrected chi connectivity index (χ1v) is 10.6. The van der Waals surface area contributed by atoms with Crippen LogP contribution in [0.25, 0.3) is 5.57 Å². The Morgan fingerprint density at radius 2 is 1.48 bits per heavy atom. The number of halogens is 3. The van der Waals surface area contributed by atoms with Crippen LogP contribution in [0.1, 0.15) is 25.3 Å². The van der Waals surface area contributed by atoms with Crippen molar-refractivity contribution < 1.29 is 9.59 Å². The second kappa shape index (κ2) is 8.02. The van der Waals surface area contributed by atoms with Crippen LogP contribution in [-0.2, 0) is 9.59 Å². The maximum atomic E-state index is 13.0. The third-order valence-corrected chi connectivity index (χ3v) is 6.38. The lowest BCUT2D eigenvalue weighted by Crippen LogP contribution is -2.33. The highest BCUT2D eigenvalue weighted by Crippen LogP contribution is 2.38. The van der Waals surface area contributed by atoms with Crippen molar-refractivity contribution in [1.29, 1.82) is 0 Å². The molecule has 29 heavy (non-hydrogen) atoms. The van der Waals surface area contributed by atoms with Gasteiger partial charge < -0.3 is 4.90 Å². The normalized spacial score (nSPS) is 18.2. The summed E-state index contributed by atoms with van der Waals surface area (Å²) in [6, 6.07) is 12.1. The Bertz CT molecular complexity index is 1010. The average molecular weight is 450 g/mol. The Morgan fingerprint density at radius 1 is 0.862 bits per heavy atom. The number of rotatable bonds is 3. The first-order chi connectivity index (χ1) is 13.9. The molecule has 0 atom stereocenters. The molecule has 2 aromatic carbocycles. The van der Waals surface area contributed by atoms with Gasteiger partial charge in [0, 0.05) is 29.4 Å². The second-order valence-corrected chi connectivity index (χ2v) is 8.67. The molecular formula is C22H19Cl3N2O2. The molecule has 0 aromatic heterocycles. The Kier molecular flexibility index (Phi) is 5.60. The number of imide groups is 1. The van der Waals surface area contributed by atoms with E-state index in [1.165, 1.54) is 6.07 Å². The first-order valence-electron chi connectivity index (χ1n) is 9.46. The maximum absolute atomic E-state index is 13.0. The van der Waals surface area contributed by atoms with Crippen LogP contribution in [0.5, 0.6) is 0 Å². The lowest BCUT2D eigenvalue weighted by Gasteiger charge is -2.32. The molecule has 0 radical (unpaired) electrons. The number of hydrogen-bond donors (Lipinski definition) is 0. The van der Waals surface area contributed by atoms with Gasteiger partial charge in [-0.1, -0.05) is 47.8 Å². The minimum atomic E-state index is -0.558. The lowest BCUT2D eigenvalue weighted by atomic mass is 9.99. The number of anilines is 2. The van der Waals surface area contributed by atoms with E-state index in [0.29, 0.717) is 16.3 Å². The summed E-state index contributed by atoms with van der Waals surface area (Å²) >= 11 is 18.4. The van der Waals surface area contributed by atoms with Crippen molar-refractivity contribution in [2.24, 2.45) is 5.92 Å². The highest BCUT2D eigenvalue weighted by atomic mass is 35.5. The molecule has 1 fully saturated rings. The van der Waals surface area contributed by atoms with Crippen molar-refractivity contribution in [1.82, 2.24) is 0 Å². The van der Waals surface area contributed by atoms with Gasteiger partial charge in [-0.25, -0.2) is 4.90 Å². The number of hydrogen-bond acceptors (Lipinski definition) is 3. The van der Waals surface area contributed by atoms with Crippen LogP contribution in [0.4, 0.5) is 11.4 Å². The number of carbonyl (C=O) groups excluding carboxylic acids is 2. The van der Waals surface area contributed by atoms with Crippen molar-refractivity contribution in [2.45, 2.75) is 19.8 Å². The molecule has 0 unspecified atom stereocenters. The largest absolute Gasteiger partial charge is 0.372 e. The van der Waals surface area contributed by atoms with Crippen molar-refractivity contribution in [3.63, 3.8) is 0 Å². The van der Waals surface area contributed by atoms with Gasteiger partial charge in [-0.2, -0.15) is 0 Å². The zero-order valence-electron chi connectivity index (χ0n) is 15.8. The minimum absolute atomic E-state index is 0.0902. The van der Waals surface area contributed by atoms with Crippen LogP contribution in [0.15, 0.2) is 47.5 Å². The predicted octanol–water partition coefficient (Wildman–Crippen LogP) is 5.75. The molecule has 150 valence electrons. The number of nitrogens with zero attached hydrogens (tertiary/aromatic N) is 2. The lowest BCUT2D eigenvalue weighted by molar-refractivity contribution is -0.119. The Labute approximate surface area is 184 Å². The molecule has 0 spiro atoms. The standard InChI is InChI=1S/C22H19Cl3N2O2/c1-13-8-10-26(11-9-13)15-3-5-16(6-4-15)27-21(28)19(20(25)22(27)29)17-7-2-14(23)12-18(17)24/h2-7,12-13H,8-11H2,1H3. The summed E-state index contributed by atoms with van der Waals surface area (Å²) in [5.41, 5.74) is 2.04. The summed E-state index contributed by atoms with van der Waals surface area (Å²) in [6.45, 7) is 4.29. The van der Waals surface area contributed by atoms with Gasteiger partial charge in [0.2, 0.25) is 0 Å². The van der Waals surface area contributed by atoms with Crippen LogP contribution in [-0.4, -0.2) is 24.9 Å². The monoisotopic (exact) mass is 448 g/mol. The Hall–Kier alpha value is -2.01. The van der Waals surface area contributed by atoms with E-state index in [9.17, 15) is 9.59 Å². The van der Waals surface area contributed by atoms with E-state index >= 15 is 0 Å². The van der Waals surface area contributed by atoms with E-state index in [0.717, 1.165) is 42.4 Å². The molecular weight excluding hydrogens is 431 g/mol. The molecule has 0 N–H and O–H groups in total. The highest BCUT2D eigenvalue weighted by molar-refractivity contribution is 6.60. The average Bonchev–Trinajstić information content (AvgIpc) is 2.92. The van der Waals surface area contributed by atoms with E-state index in [2.05, 4.69) is 11.8 Å². The fourth-order valence-corrected chi connectivity index (χ4v) is 4.51. The number of amides is 2. The summed E-state index contributed by atoms with van der Waals surface area (Å²) in [6.07, 6.45) is 2.32. The molecule has 2 aliphatic heterocycles. The van der Waals surface area contributed by atoms with Gasteiger partial charge in [0.05, 0.1) is 16.3 Å². The van der Waals surface area contributed by atoms with Gasteiger partial charge in [-0.05, 0) is 55.2 Å². The molecule has 2 amide bonds. The molecule has 1 saturated heterocycles. The number of carbonyl (C=O) groups is 2. The second-order valence-electron chi connectivity index (χ2n) is 7.44. The smallest absolute Gasteiger partial charge is 0.277 e. The molecule has 2 aliphatic rings. The van der Waals surface area contributed by atoms with Crippen molar-refractivity contribution in [3.05, 3.63) is 63.1 Å². The van der Waals surface area contributed by atoms with Crippen molar-refractivity contribution >= 4 is 63.6 Å². The maximum Gasteiger partial charge on any atom is 0.277 e. The summed E-state index contributed by atoms with van der Waals surface area (Å²) in [4.78, 5) is 29.2. The van der Waals surface area contributed by atoms with Gasteiger partial charge in [0.25, 0.3) is 11.8 Å². The van der Waals surface area contributed by atoms with Crippen LogP contribution >= 0.6 is 34.8 Å². The van der Waals surface area contributed by atoms with Crippen molar-refractivity contribution in [2.75, 3.05) is 22.9 Å². The zero-order chi connectivity index (χ0) is 20.7. The third kappa shape index (κ3) is 3.77. The summed E-state index contributed by atoms with van der Waals surface area (Å²) in [7, 11) is 0. The topological polar surface area (TPSA) is 40.6 Å². The Morgan fingerprint density at radius 3 is 2.10 bits per heavy atom. The van der Waals surface area contributed by atoms with E-state index in [1.807, 2.05) is 12.1 Å². The summed E-state index contributed by atoms with van der Waals surface area (Å²) in [5.74, 6) is -0.308. The highest BCUT2D eigenvalue weighted by Gasteiger charge is 2.40. The zero-order valence-corrected chi connectivity index (χ0v) is 18.1. The number of piperidine rings is 1. The summed E-state index contributed by atoms with van der Waals surface area (Å²) in [5, 5.41) is 0.559. The molecule has 2 heterocycles. The van der Waals surface area contributed by atoms with Gasteiger partial charge in [0.1, 0.15) is 5.03 Å².